The van der Waals surface area contributed by atoms with Crippen LogP contribution in [0.4, 0.5) is 0 Å². The Kier molecular flexibility index (Phi) is 13.3. The topological polar surface area (TPSA) is 112 Å². The average Bonchev–Trinajstić information content (AvgIpc) is 3.29. The van der Waals surface area contributed by atoms with Crippen molar-refractivity contribution in [3.8, 4) is 0 Å². The van der Waals surface area contributed by atoms with E-state index in [1.807, 2.05) is 0 Å². The summed E-state index contributed by atoms with van der Waals surface area (Å²) in [5, 5.41) is 20.3. The summed E-state index contributed by atoms with van der Waals surface area (Å²) < 4.78 is 43.0. The van der Waals surface area contributed by atoms with Crippen molar-refractivity contribution in [2.24, 2.45) is 29.1 Å². The van der Waals surface area contributed by atoms with Crippen molar-refractivity contribution in [2.45, 2.75) is 83.8 Å². The van der Waals surface area contributed by atoms with E-state index in [0.29, 0.717) is 56.7 Å². The lowest BCUT2D eigenvalue weighted by Gasteiger charge is -2.44. The second kappa shape index (κ2) is 16.0. The molecular formula is C30H48O8P2+2. The minimum atomic E-state index is -2.11. The van der Waals surface area contributed by atoms with Crippen LogP contribution in [0.25, 0.3) is 0 Å². The number of allylic oxidation sites excluding steroid dienone is 5. The molecule has 3 saturated carbocycles. The second-order valence-electron chi connectivity index (χ2n) is 11.7. The highest BCUT2D eigenvalue weighted by atomic mass is 31.1. The van der Waals surface area contributed by atoms with Gasteiger partial charge < -0.3 is 10.2 Å². The molecule has 3 aliphatic carbocycles. The molecule has 8 atom stereocenters. The first-order valence-corrected chi connectivity index (χ1v) is 16.7. The fraction of sp³-hybridized carbons (Fsp3) is 0.733. The lowest BCUT2D eigenvalue weighted by molar-refractivity contribution is 0.0862. The van der Waals surface area contributed by atoms with Crippen LogP contribution in [0.15, 0.2) is 47.6 Å². The molecule has 0 saturated heterocycles. The maximum atomic E-state index is 11.5. The molecule has 224 valence electrons. The normalized spacial score (nSPS) is 33.4. The highest BCUT2D eigenvalue weighted by Crippen LogP contribution is 2.59. The number of aliphatic hydroxyl groups is 2. The minimum absolute atomic E-state index is 0.121. The second-order valence-corrected chi connectivity index (χ2v) is 13.9. The third-order valence-electron chi connectivity index (χ3n) is 9.29. The van der Waals surface area contributed by atoms with Crippen LogP contribution in [-0.4, -0.2) is 49.9 Å². The van der Waals surface area contributed by atoms with Gasteiger partial charge in [0.2, 0.25) is 0 Å². The van der Waals surface area contributed by atoms with Gasteiger partial charge in [-0.15, -0.1) is 18.1 Å². The highest BCUT2D eigenvalue weighted by Gasteiger charge is 2.50. The smallest absolute Gasteiger partial charge is 0.393 e. The zero-order valence-corrected chi connectivity index (χ0v) is 26.3. The van der Waals surface area contributed by atoms with Gasteiger partial charge in [-0.2, -0.15) is 0 Å². The van der Waals surface area contributed by atoms with Crippen molar-refractivity contribution in [1.82, 2.24) is 0 Å². The van der Waals surface area contributed by atoms with E-state index in [4.69, 9.17) is 18.1 Å². The zero-order chi connectivity index (χ0) is 29.3. The number of fused-ring (bicyclic) bond motifs is 1. The predicted octanol–water partition coefficient (Wildman–Crippen LogP) is 7.36. The fourth-order valence-electron chi connectivity index (χ4n) is 7.07. The van der Waals surface area contributed by atoms with Crippen LogP contribution in [0.3, 0.4) is 0 Å². The third kappa shape index (κ3) is 8.96. The Morgan fingerprint density at radius 1 is 1.05 bits per heavy atom. The van der Waals surface area contributed by atoms with Crippen LogP contribution in [0.1, 0.15) is 71.6 Å². The Labute approximate surface area is 241 Å². The minimum Gasteiger partial charge on any atom is -0.393 e. The van der Waals surface area contributed by atoms with Gasteiger partial charge in [0, 0.05) is 15.6 Å². The molecule has 0 bridgehead atoms. The van der Waals surface area contributed by atoms with Gasteiger partial charge in [0.1, 0.15) is 13.2 Å². The summed E-state index contributed by atoms with van der Waals surface area (Å²) in [6.07, 6.45) is 15.7. The fourth-order valence-corrected chi connectivity index (χ4v) is 7.79. The molecule has 0 aromatic rings. The molecule has 5 unspecified atom stereocenters. The van der Waals surface area contributed by atoms with Crippen LogP contribution >= 0.6 is 16.5 Å². The first-order valence-electron chi connectivity index (χ1n) is 14.5. The first-order chi connectivity index (χ1) is 19.1. The number of aliphatic hydroxyl groups excluding tert-OH is 2. The molecule has 0 aromatic carbocycles. The van der Waals surface area contributed by atoms with Gasteiger partial charge in [0.15, 0.2) is 0 Å². The van der Waals surface area contributed by atoms with Gasteiger partial charge in [-0.05, 0) is 91.6 Å². The van der Waals surface area contributed by atoms with Crippen molar-refractivity contribution in [1.29, 1.82) is 0 Å². The molecule has 0 spiro atoms. The van der Waals surface area contributed by atoms with Gasteiger partial charge in [-0.25, -0.2) is 0 Å². The Hall–Kier alpha value is -1.08. The van der Waals surface area contributed by atoms with E-state index >= 15 is 0 Å². The molecule has 3 rings (SSSR count). The molecule has 0 aliphatic heterocycles. The lowest BCUT2D eigenvalue weighted by Crippen LogP contribution is -2.35. The molecule has 3 fully saturated rings. The third-order valence-corrected chi connectivity index (χ3v) is 10.7. The Morgan fingerprint density at radius 3 is 2.33 bits per heavy atom. The molecule has 0 heterocycles. The van der Waals surface area contributed by atoms with Gasteiger partial charge in [0.05, 0.1) is 26.4 Å². The van der Waals surface area contributed by atoms with Crippen molar-refractivity contribution < 1.29 is 37.4 Å². The molecule has 10 heteroatoms. The summed E-state index contributed by atoms with van der Waals surface area (Å²) >= 11 is 0. The van der Waals surface area contributed by atoms with Crippen LogP contribution in [0.2, 0.25) is 0 Å². The Bertz CT molecular complexity index is 970. The summed E-state index contributed by atoms with van der Waals surface area (Å²) in [5.41, 5.74) is 3.39. The summed E-state index contributed by atoms with van der Waals surface area (Å²) in [5.74, 6) is 1.58. The van der Waals surface area contributed by atoms with E-state index in [2.05, 4.69) is 44.7 Å². The van der Waals surface area contributed by atoms with Crippen LogP contribution in [0, 0.1) is 29.1 Å². The zero-order valence-electron chi connectivity index (χ0n) is 24.5. The molecule has 3 aliphatic rings. The van der Waals surface area contributed by atoms with E-state index in [0.717, 1.165) is 24.0 Å². The van der Waals surface area contributed by atoms with E-state index in [-0.39, 0.29) is 11.3 Å². The summed E-state index contributed by atoms with van der Waals surface area (Å²) in [6.45, 7) is 9.42. The van der Waals surface area contributed by atoms with Crippen molar-refractivity contribution in [3.05, 3.63) is 47.6 Å². The standard InChI is InChI=1S/C30H48O8P2/c1-21(8-9-23(14-17-37-39(33)35-4)15-18-38-40(34)36-5)27-12-13-28-24(7-6-16-30(27,28)3)10-11-25-19-26(31)20-29(32)22(25)2/h8-11,21,23,26-29,31-32H,2,6-7,12-20H2,1,3-5H3/q+2/t21-,26?,27-,28?,29?,30-/m1/s1. The SMILES string of the molecule is C=C1C(=CC=C2CCC[C@@]3(C)C2CC[C@@H]3[C@H](C)C=CC(CCO[P+](=O)OC)CCO[P+](=O)OC)CC(O)CC1O. The number of hydrogen-bond donors (Lipinski definition) is 2. The van der Waals surface area contributed by atoms with E-state index in [9.17, 15) is 19.3 Å². The Morgan fingerprint density at radius 2 is 1.70 bits per heavy atom. The maximum absolute atomic E-state index is 11.5. The van der Waals surface area contributed by atoms with Crippen molar-refractivity contribution in [2.75, 3.05) is 27.4 Å². The van der Waals surface area contributed by atoms with Crippen LogP contribution in [-0.2, 0) is 27.2 Å². The van der Waals surface area contributed by atoms with Crippen molar-refractivity contribution >= 4 is 16.5 Å². The van der Waals surface area contributed by atoms with E-state index in [1.54, 1.807) is 0 Å². The first kappa shape index (κ1) is 33.4. The molecule has 0 aromatic heterocycles. The average molecular weight is 599 g/mol. The lowest BCUT2D eigenvalue weighted by atomic mass is 9.61. The predicted molar refractivity (Wildman–Crippen MR) is 157 cm³/mol. The van der Waals surface area contributed by atoms with Gasteiger partial charge in [-0.3, -0.25) is 0 Å². The van der Waals surface area contributed by atoms with Crippen LogP contribution in [0.5, 0.6) is 0 Å². The Balaban J connectivity index is 1.68. The largest absolute Gasteiger partial charge is 0.697 e. The number of hydrogen-bond acceptors (Lipinski definition) is 8. The molecular weight excluding hydrogens is 550 g/mol. The monoisotopic (exact) mass is 598 g/mol. The molecule has 8 nitrogen and oxygen atoms in total. The van der Waals surface area contributed by atoms with E-state index in [1.165, 1.54) is 39.1 Å². The van der Waals surface area contributed by atoms with Crippen LogP contribution < -0.4 is 0 Å². The van der Waals surface area contributed by atoms with E-state index < -0.39 is 28.7 Å². The quantitative estimate of drug-likeness (QED) is 0.158. The number of rotatable bonds is 14. The summed E-state index contributed by atoms with van der Waals surface area (Å²) in [4.78, 5) is 0. The highest BCUT2D eigenvalue weighted by molar-refractivity contribution is 7.33. The molecule has 2 N–H and O–H groups in total. The van der Waals surface area contributed by atoms with Crippen molar-refractivity contribution in [3.63, 3.8) is 0 Å². The summed E-state index contributed by atoms with van der Waals surface area (Å²) in [7, 11) is -1.51. The molecule has 0 amide bonds. The molecule has 40 heavy (non-hydrogen) atoms. The van der Waals surface area contributed by atoms with Gasteiger partial charge in [-0.1, -0.05) is 50.3 Å². The summed E-state index contributed by atoms with van der Waals surface area (Å²) in [6, 6.07) is 0. The van der Waals surface area contributed by atoms with Gasteiger partial charge >= 0.3 is 16.5 Å². The van der Waals surface area contributed by atoms with Gasteiger partial charge in [0.25, 0.3) is 0 Å². The molecule has 0 radical (unpaired) electrons. The maximum Gasteiger partial charge on any atom is 0.697 e.